The summed E-state index contributed by atoms with van der Waals surface area (Å²) in [7, 11) is 0. The summed E-state index contributed by atoms with van der Waals surface area (Å²) in [4.78, 5) is 2.57. The Morgan fingerprint density at radius 1 is 1.53 bits per heavy atom. The van der Waals surface area contributed by atoms with E-state index in [1.807, 2.05) is 6.20 Å². The van der Waals surface area contributed by atoms with Crippen LogP contribution in [0.25, 0.3) is 0 Å². The highest BCUT2D eigenvalue weighted by Crippen LogP contribution is 2.18. The van der Waals surface area contributed by atoms with E-state index in [9.17, 15) is 0 Å². The molecule has 0 amide bonds. The van der Waals surface area contributed by atoms with Crippen molar-refractivity contribution in [1.29, 1.82) is 0 Å². The molecule has 1 saturated heterocycles. The second-order valence-electron chi connectivity index (χ2n) is 5.31. The Balaban J connectivity index is 1.93. The minimum atomic E-state index is 0.657. The van der Waals surface area contributed by atoms with Crippen molar-refractivity contribution in [1.82, 2.24) is 14.7 Å². The fourth-order valence-electron chi connectivity index (χ4n) is 2.42. The number of hydrogen-bond acceptors (Lipinski definition) is 2. The van der Waals surface area contributed by atoms with Crippen LogP contribution in [0.3, 0.4) is 0 Å². The van der Waals surface area contributed by atoms with E-state index in [1.54, 1.807) is 0 Å². The van der Waals surface area contributed by atoms with E-state index in [4.69, 9.17) is 0 Å². The molecule has 17 heavy (non-hydrogen) atoms. The van der Waals surface area contributed by atoms with Gasteiger partial charge >= 0.3 is 0 Å². The van der Waals surface area contributed by atoms with Crippen LogP contribution in [-0.4, -0.2) is 33.8 Å². The van der Waals surface area contributed by atoms with Crippen molar-refractivity contribution in [2.45, 2.75) is 46.2 Å². The normalized spacial score (nSPS) is 20.8. The molecule has 1 fully saturated rings. The van der Waals surface area contributed by atoms with Gasteiger partial charge < -0.3 is 0 Å². The molecular formula is C14H23N3. The molecule has 3 heteroatoms. The van der Waals surface area contributed by atoms with Gasteiger partial charge in [0.25, 0.3) is 0 Å². The van der Waals surface area contributed by atoms with Gasteiger partial charge in [-0.25, -0.2) is 0 Å². The molecule has 0 N–H and O–H groups in total. The monoisotopic (exact) mass is 233 g/mol. The zero-order chi connectivity index (χ0) is 12.3. The van der Waals surface area contributed by atoms with Crippen LogP contribution in [0.5, 0.6) is 0 Å². The molecule has 1 atom stereocenters. The fourth-order valence-corrected chi connectivity index (χ4v) is 2.42. The summed E-state index contributed by atoms with van der Waals surface area (Å²) >= 11 is 0. The Kier molecular flexibility index (Phi) is 4.00. The molecule has 3 nitrogen and oxygen atoms in total. The maximum atomic E-state index is 4.38. The molecule has 0 spiro atoms. The summed E-state index contributed by atoms with van der Waals surface area (Å²) < 4.78 is 2.08. The summed E-state index contributed by atoms with van der Waals surface area (Å²) in [5, 5.41) is 4.38. The van der Waals surface area contributed by atoms with Crippen LogP contribution in [0, 0.1) is 6.92 Å². The average molecular weight is 233 g/mol. The maximum Gasteiger partial charge on any atom is 0.0565 e. The number of aromatic nitrogens is 2. The number of hydrogen-bond donors (Lipinski definition) is 0. The quantitative estimate of drug-likeness (QED) is 0.745. The molecule has 0 unspecified atom stereocenters. The van der Waals surface area contributed by atoms with Gasteiger partial charge in [0.15, 0.2) is 0 Å². The van der Waals surface area contributed by atoms with Gasteiger partial charge in [0.05, 0.1) is 12.7 Å². The van der Waals surface area contributed by atoms with Crippen LogP contribution in [0.2, 0.25) is 0 Å². The van der Waals surface area contributed by atoms with Crippen molar-refractivity contribution in [3.63, 3.8) is 0 Å². The lowest BCUT2D eigenvalue weighted by molar-refractivity contribution is 0.249. The Morgan fingerprint density at radius 3 is 3.00 bits per heavy atom. The number of aryl methyl sites for hydroxylation is 1. The molecule has 0 saturated carbocycles. The van der Waals surface area contributed by atoms with Crippen LogP contribution in [0.4, 0.5) is 0 Å². The van der Waals surface area contributed by atoms with Gasteiger partial charge in [0.2, 0.25) is 0 Å². The van der Waals surface area contributed by atoms with E-state index in [2.05, 4.69) is 47.7 Å². The molecule has 2 heterocycles. The number of nitrogens with zero attached hydrogens (tertiary/aromatic N) is 3. The van der Waals surface area contributed by atoms with E-state index in [0.717, 1.165) is 13.1 Å². The molecule has 0 aliphatic carbocycles. The molecule has 1 aromatic heterocycles. The lowest BCUT2D eigenvalue weighted by Gasteiger charge is -2.23. The highest BCUT2D eigenvalue weighted by atomic mass is 15.3. The van der Waals surface area contributed by atoms with Crippen LogP contribution < -0.4 is 0 Å². The minimum Gasteiger partial charge on any atom is -0.295 e. The van der Waals surface area contributed by atoms with E-state index in [0.29, 0.717) is 6.04 Å². The van der Waals surface area contributed by atoms with E-state index < -0.39 is 0 Å². The lowest BCUT2D eigenvalue weighted by atomic mass is 10.2. The summed E-state index contributed by atoms with van der Waals surface area (Å²) in [6.45, 7) is 9.79. The third-order valence-corrected chi connectivity index (χ3v) is 3.39. The summed E-state index contributed by atoms with van der Waals surface area (Å²) in [5.41, 5.74) is 2.66. The second-order valence-corrected chi connectivity index (χ2v) is 5.31. The van der Waals surface area contributed by atoms with Gasteiger partial charge in [-0.05, 0) is 45.7 Å². The largest absolute Gasteiger partial charge is 0.295 e. The molecule has 1 aromatic rings. The third-order valence-electron chi connectivity index (χ3n) is 3.39. The van der Waals surface area contributed by atoms with E-state index in [-0.39, 0.29) is 0 Å². The zero-order valence-corrected chi connectivity index (χ0v) is 11.2. The van der Waals surface area contributed by atoms with Gasteiger partial charge in [-0.1, -0.05) is 11.6 Å². The van der Waals surface area contributed by atoms with Gasteiger partial charge in [-0.3, -0.25) is 9.58 Å². The molecule has 94 valence electrons. The van der Waals surface area contributed by atoms with Crippen LogP contribution in [0.15, 0.2) is 24.0 Å². The molecule has 0 radical (unpaired) electrons. The fraction of sp³-hybridized carbons (Fsp3) is 0.643. The number of rotatable bonds is 4. The first-order valence-electron chi connectivity index (χ1n) is 6.51. The SMILES string of the molecule is CC(C)=CCN1CCC[C@H]1Cn1cc(C)cn1. The van der Waals surface area contributed by atoms with Crippen LogP contribution in [-0.2, 0) is 6.54 Å². The molecule has 2 rings (SSSR count). The Bertz CT molecular complexity index is 388. The smallest absolute Gasteiger partial charge is 0.0565 e. The van der Waals surface area contributed by atoms with Gasteiger partial charge in [-0.2, -0.15) is 5.10 Å². The highest BCUT2D eigenvalue weighted by Gasteiger charge is 2.23. The van der Waals surface area contributed by atoms with Crippen molar-refractivity contribution >= 4 is 0 Å². The molecule has 1 aliphatic heterocycles. The summed E-state index contributed by atoms with van der Waals surface area (Å²) in [6.07, 6.45) is 9.02. The van der Waals surface area contributed by atoms with Gasteiger partial charge in [-0.15, -0.1) is 0 Å². The highest BCUT2D eigenvalue weighted by molar-refractivity contribution is 5.00. The Morgan fingerprint density at radius 2 is 2.35 bits per heavy atom. The van der Waals surface area contributed by atoms with E-state index >= 15 is 0 Å². The number of likely N-dealkylation sites (tertiary alicyclic amines) is 1. The standard InChI is InChI=1S/C14H23N3/c1-12(2)6-8-16-7-4-5-14(16)11-17-10-13(3)9-15-17/h6,9-10,14H,4-5,7-8,11H2,1-3H3/t14-/m0/s1. The predicted octanol–water partition coefficient (Wildman–Crippen LogP) is 2.62. The van der Waals surface area contributed by atoms with Crippen molar-refractivity contribution in [3.8, 4) is 0 Å². The van der Waals surface area contributed by atoms with Crippen molar-refractivity contribution in [3.05, 3.63) is 29.6 Å². The molecule has 0 bridgehead atoms. The topological polar surface area (TPSA) is 21.1 Å². The first-order valence-corrected chi connectivity index (χ1v) is 6.51. The summed E-state index contributed by atoms with van der Waals surface area (Å²) in [5.74, 6) is 0. The van der Waals surface area contributed by atoms with Crippen LogP contribution >= 0.6 is 0 Å². The van der Waals surface area contributed by atoms with Crippen molar-refractivity contribution < 1.29 is 0 Å². The maximum absolute atomic E-state index is 4.38. The lowest BCUT2D eigenvalue weighted by Crippen LogP contribution is -2.33. The number of allylic oxidation sites excluding steroid dienone is 1. The Hall–Kier alpha value is -1.09. The Labute approximate surface area is 104 Å². The van der Waals surface area contributed by atoms with Crippen molar-refractivity contribution in [2.24, 2.45) is 0 Å². The van der Waals surface area contributed by atoms with Crippen molar-refractivity contribution in [2.75, 3.05) is 13.1 Å². The molecule has 0 aromatic carbocycles. The third kappa shape index (κ3) is 3.43. The second kappa shape index (κ2) is 5.50. The summed E-state index contributed by atoms with van der Waals surface area (Å²) in [6, 6.07) is 0.657. The minimum absolute atomic E-state index is 0.657. The first-order chi connectivity index (χ1) is 8.15. The van der Waals surface area contributed by atoms with Gasteiger partial charge in [0, 0.05) is 18.8 Å². The van der Waals surface area contributed by atoms with Crippen LogP contribution in [0.1, 0.15) is 32.3 Å². The van der Waals surface area contributed by atoms with Gasteiger partial charge in [0.1, 0.15) is 0 Å². The first kappa shape index (κ1) is 12.4. The molecular weight excluding hydrogens is 210 g/mol. The zero-order valence-electron chi connectivity index (χ0n) is 11.2. The predicted molar refractivity (Wildman–Crippen MR) is 71.0 cm³/mol. The average Bonchev–Trinajstić information content (AvgIpc) is 2.86. The molecule has 1 aliphatic rings. The van der Waals surface area contributed by atoms with E-state index in [1.165, 1.54) is 30.5 Å².